The molecule has 0 radical (unpaired) electrons. The third-order valence-electron chi connectivity index (χ3n) is 4.93. The molecule has 3 rings (SSSR count). The predicted molar refractivity (Wildman–Crippen MR) is 99.6 cm³/mol. The summed E-state index contributed by atoms with van der Waals surface area (Å²) in [6.45, 7) is 4.06. The van der Waals surface area contributed by atoms with Gasteiger partial charge in [0.05, 0.1) is 24.1 Å². The topological polar surface area (TPSA) is 109 Å². The number of hydrogen-bond acceptors (Lipinski definition) is 5. The Morgan fingerprint density at radius 3 is 2.31 bits per heavy atom. The summed E-state index contributed by atoms with van der Waals surface area (Å²) >= 11 is 0. The number of rotatable bonds is 5. The van der Waals surface area contributed by atoms with E-state index >= 15 is 4.39 Å². The zero-order chi connectivity index (χ0) is 21.5. The fourth-order valence-electron chi connectivity index (χ4n) is 3.61. The lowest BCUT2D eigenvalue weighted by Gasteiger charge is -2.30. The van der Waals surface area contributed by atoms with Gasteiger partial charge < -0.3 is 24.4 Å². The summed E-state index contributed by atoms with van der Waals surface area (Å²) in [4.78, 5) is 37.3. The molecule has 1 aromatic carbocycles. The highest BCUT2D eigenvalue weighted by Gasteiger charge is 2.31. The molecule has 29 heavy (non-hydrogen) atoms. The molecule has 1 saturated heterocycles. The van der Waals surface area contributed by atoms with Crippen molar-refractivity contribution in [1.82, 2.24) is 4.57 Å². The number of carboxylic acid groups (broad SMARTS) is 2. The van der Waals surface area contributed by atoms with Crippen molar-refractivity contribution >= 4 is 28.5 Å². The molecule has 156 valence electrons. The number of benzene rings is 1. The fourth-order valence-corrected chi connectivity index (χ4v) is 3.61. The molecule has 1 aliphatic heterocycles. The second kappa shape index (κ2) is 7.78. The fraction of sp³-hybridized carbons (Fsp3) is 0.421. The van der Waals surface area contributed by atoms with Gasteiger partial charge >= 0.3 is 11.9 Å². The summed E-state index contributed by atoms with van der Waals surface area (Å²) < 4.78 is 36.4. The average molecular weight is 410 g/mol. The molecule has 0 saturated carbocycles. The summed E-state index contributed by atoms with van der Waals surface area (Å²) in [5.74, 6) is -5.66. The second-order valence-electron chi connectivity index (χ2n) is 7.13. The lowest BCUT2D eigenvalue weighted by molar-refractivity contribution is -0.142. The van der Waals surface area contributed by atoms with Gasteiger partial charge in [-0.3, -0.25) is 4.79 Å². The monoisotopic (exact) mass is 410 g/mol. The van der Waals surface area contributed by atoms with Crippen LogP contribution in [-0.4, -0.2) is 53.0 Å². The molecule has 1 aromatic heterocycles. The summed E-state index contributed by atoms with van der Waals surface area (Å²) in [6.07, 6.45) is 0.815. The number of ether oxygens (including phenoxy) is 1. The number of carboxylic acids is 2. The van der Waals surface area contributed by atoms with Crippen molar-refractivity contribution in [2.45, 2.75) is 19.9 Å². The van der Waals surface area contributed by atoms with Gasteiger partial charge in [-0.1, -0.05) is 13.8 Å². The van der Waals surface area contributed by atoms with Crippen LogP contribution >= 0.6 is 0 Å². The van der Waals surface area contributed by atoms with Crippen molar-refractivity contribution in [3.8, 4) is 0 Å². The summed E-state index contributed by atoms with van der Waals surface area (Å²) in [5.41, 5.74) is -2.68. The van der Waals surface area contributed by atoms with E-state index < -0.39 is 63.1 Å². The molecule has 0 spiro atoms. The van der Waals surface area contributed by atoms with Crippen LogP contribution in [0.3, 0.4) is 0 Å². The van der Waals surface area contributed by atoms with Crippen molar-refractivity contribution in [1.29, 1.82) is 0 Å². The first-order valence-corrected chi connectivity index (χ1v) is 9.00. The van der Waals surface area contributed by atoms with Gasteiger partial charge in [0.1, 0.15) is 23.1 Å². The van der Waals surface area contributed by atoms with E-state index in [-0.39, 0.29) is 26.3 Å². The van der Waals surface area contributed by atoms with Gasteiger partial charge in [0.25, 0.3) is 0 Å². The molecule has 1 unspecified atom stereocenters. The van der Waals surface area contributed by atoms with Crippen LogP contribution in [0.2, 0.25) is 0 Å². The third-order valence-corrected chi connectivity index (χ3v) is 4.93. The van der Waals surface area contributed by atoms with E-state index in [2.05, 4.69) is 0 Å². The molecule has 8 nitrogen and oxygen atoms in total. The molecule has 1 aliphatic rings. The highest BCUT2D eigenvalue weighted by atomic mass is 19.1. The van der Waals surface area contributed by atoms with Gasteiger partial charge in [-0.2, -0.15) is 0 Å². The number of pyridine rings is 1. The first-order chi connectivity index (χ1) is 13.6. The lowest BCUT2D eigenvalue weighted by atomic mass is 10.0. The lowest BCUT2D eigenvalue weighted by Crippen LogP contribution is -2.38. The normalized spacial score (nSPS) is 15.7. The number of nitrogens with zero attached hydrogens (tertiary/aromatic N) is 2. The van der Waals surface area contributed by atoms with Crippen molar-refractivity contribution in [3.05, 3.63) is 39.7 Å². The van der Waals surface area contributed by atoms with Crippen LogP contribution in [0.1, 0.15) is 30.2 Å². The molecule has 2 aromatic rings. The van der Waals surface area contributed by atoms with Crippen molar-refractivity contribution in [2.24, 2.45) is 5.92 Å². The molecular weight excluding hydrogens is 390 g/mol. The number of carbonyl (C=O) groups is 2. The van der Waals surface area contributed by atoms with Crippen LogP contribution in [0, 0.1) is 17.6 Å². The van der Waals surface area contributed by atoms with E-state index in [9.17, 15) is 29.0 Å². The van der Waals surface area contributed by atoms with Gasteiger partial charge in [0.2, 0.25) is 5.43 Å². The first-order valence-electron chi connectivity index (χ1n) is 9.00. The van der Waals surface area contributed by atoms with Crippen LogP contribution in [-0.2, 0) is 9.53 Å². The molecule has 1 fully saturated rings. The van der Waals surface area contributed by atoms with Gasteiger partial charge in [-0.25, -0.2) is 18.4 Å². The van der Waals surface area contributed by atoms with Gasteiger partial charge in [-0.05, 0) is 12.0 Å². The Bertz CT molecular complexity index is 1040. The Balaban J connectivity index is 2.43. The van der Waals surface area contributed by atoms with Crippen LogP contribution in [0.25, 0.3) is 10.9 Å². The zero-order valence-electron chi connectivity index (χ0n) is 15.8. The molecule has 2 N–H and O–H groups in total. The minimum Gasteiger partial charge on any atom is -0.480 e. The first kappa shape index (κ1) is 20.7. The molecule has 0 amide bonds. The summed E-state index contributed by atoms with van der Waals surface area (Å²) in [5, 5.41) is 18.5. The average Bonchev–Trinajstić information content (AvgIpc) is 2.63. The number of hydrogen-bond donors (Lipinski definition) is 2. The van der Waals surface area contributed by atoms with Gasteiger partial charge in [0.15, 0.2) is 5.82 Å². The van der Waals surface area contributed by atoms with E-state index in [0.29, 0.717) is 0 Å². The van der Waals surface area contributed by atoms with Crippen LogP contribution in [0.4, 0.5) is 14.5 Å². The van der Waals surface area contributed by atoms with E-state index in [1.165, 1.54) is 4.90 Å². The maximum Gasteiger partial charge on any atom is 0.341 e. The molecule has 0 bridgehead atoms. The second-order valence-corrected chi connectivity index (χ2v) is 7.13. The number of fused-ring (bicyclic) bond motifs is 1. The highest BCUT2D eigenvalue weighted by Crippen LogP contribution is 2.33. The standard InChI is InChI=1S/C19H20F2N2O6/c1-9(2)14(19(27)28)23-8-11(18(25)26)17(24)10-7-12(20)16(13(21)15(10)23)22-3-5-29-6-4-22/h7-9,14H,3-6H2,1-2H3,(H,25,26)(H,27,28). The largest absolute Gasteiger partial charge is 0.480 e. The van der Waals surface area contributed by atoms with Crippen molar-refractivity contribution < 1.29 is 33.3 Å². The van der Waals surface area contributed by atoms with E-state index in [0.717, 1.165) is 16.8 Å². The van der Waals surface area contributed by atoms with Crippen LogP contribution < -0.4 is 10.3 Å². The van der Waals surface area contributed by atoms with E-state index in [4.69, 9.17) is 4.74 Å². The Morgan fingerprint density at radius 1 is 1.17 bits per heavy atom. The SMILES string of the molecule is CC(C)C(C(=O)O)n1cc(C(=O)O)c(=O)c2cc(F)c(N3CCOCC3)c(F)c21. The smallest absolute Gasteiger partial charge is 0.341 e. The van der Waals surface area contributed by atoms with E-state index in [1.807, 2.05) is 0 Å². The number of halogens is 2. The Hall–Kier alpha value is -3.01. The third kappa shape index (κ3) is 3.55. The quantitative estimate of drug-likeness (QED) is 0.777. The van der Waals surface area contributed by atoms with Gasteiger partial charge in [-0.15, -0.1) is 0 Å². The van der Waals surface area contributed by atoms with Crippen molar-refractivity contribution in [3.63, 3.8) is 0 Å². The molecule has 10 heteroatoms. The maximum atomic E-state index is 15.6. The number of aromatic nitrogens is 1. The maximum absolute atomic E-state index is 15.6. The summed E-state index contributed by atoms with van der Waals surface area (Å²) in [7, 11) is 0. The Kier molecular flexibility index (Phi) is 5.56. The number of aromatic carboxylic acids is 1. The van der Waals surface area contributed by atoms with Crippen LogP contribution in [0.15, 0.2) is 17.1 Å². The minimum absolute atomic E-state index is 0.212. The molecule has 2 heterocycles. The zero-order valence-corrected chi connectivity index (χ0v) is 15.8. The molecule has 0 aliphatic carbocycles. The number of anilines is 1. The highest BCUT2D eigenvalue weighted by molar-refractivity contribution is 5.94. The van der Waals surface area contributed by atoms with Crippen molar-refractivity contribution in [2.75, 3.05) is 31.2 Å². The Labute approximate surface area is 163 Å². The summed E-state index contributed by atoms with van der Waals surface area (Å²) in [6, 6.07) is -0.595. The molecule has 1 atom stereocenters. The number of aliphatic carboxylic acids is 1. The minimum atomic E-state index is -1.61. The Morgan fingerprint density at radius 2 is 1.79 bits per heavy atom. The molecular formula is C19H20F2N2O6. The number of morpholine rings is 1. The predicted octanol–water partition coefficient (Wildman–Crippen LogP) is 2.10. The van der Waals surface area contributed by atoms with Crippen LogP contribution in [0.5, 0.6) is 0 Å². The van der Waals surface area contributed by atoms with Gasteiger partial charge in [0, 0.05) is 19.3 Å². The van der Waals surface area contributed by atoms with E-state index in [1.54, 1.807) is 13.8 Å².